The average Bonchev–Trinajstić information content (AvgIpc) is 2.54. The number of aryl methyl sites for hydroxylation is 2. The third-order valence-corrected chi connectivity index (χ3v) is 3.38. The lowest BCUT2D eigenvalue weighted by Crippen LogP contribution is -2.15. The minimum atomic E-state index is 0.315. The molecule has 0 aliphatic heterocycles. The van der Waals surface area contributed by atoms with Gasteiger partial charge < -0.3 is 5.73 Å². The van der Waals surface area contributed by atoms with Crippen LogP contribution in [0, 0.1) is 0 Å². The minimum absolute atomic E-state index is 0.315. The van der Waals surface area contributed by atoms with E-state index in [1.165, 1.54) is 11.4 Å². The zero-order valence-corrected chi connectivity index (χ0v) is 10.7. The van der Waals surface area contributed by atoms with E-state index in [2.05, 4.69) is 25.0 Å². The van der Waals surface area contributed by atoms with Gasteiger partial charge in [0.05, 0.1) is 5.69 Å². The summed E-state index contributed by atoms with van der Waals surface area (Å²) >= 11 is 1.93. The zero-order chi connectivity index (χ0) is 11.3. The van der Waals surface area contributed by atoms with Crippen LogP contribution in [0.1, 0.15) is 31.7 Å². The van der Waals surface area contributed by atoms with Gasteiger partial charge in [0.15, 0.2) is 0 Å². The van der Waals surface area contributed by atoms with Gasteiger partial charge in [-0.2, -0.15) is 16.9 Å². The van der Waals surface area contributed by atoms with Crippen molar-refractivity contribution >= 4 is 11.8 Å². The monoisotopic (exact) mass is 227 g/mol. The topological polar surface area (TPSA) is 43.8 Å². The molecule has 1 atom stereocenters. The first-order valence-electron chi connectivity index (χ1n) is 5.48. The van der Waals surface area contributed by atoms with E-state index >= 15 is 0 Å². The number of hydrogen-bond acceptors (Lipinski definition) is 3. The summed E-state index contributed by atoms with van der Waals surface area (Å²) in [6, 6.07) is 2.51. The van der Waals surface area contributed by atoms with Gasteiger partial charge in [0.1, 0.15) is 0 Å². The van der Waals surface area contributed by atoms with Crippen LogP contribution in [0.15, 0.2) is 6.07 Å². The molecule has 0 saturated carbocycles. The van der Waals surface area contributed by atoms with Crippen LogP contribution in [-0.2, 0) is 19.2 Å². The molecule has 0 radical (unpaired) electrons. The van der Waals surface area contributed by atoms with Gasteiger partial charge in [-0.25, -0.2) is 0 Å². The normalized spacial score (nSPS) is 13.1. The Hall–Kier alpha value is -0.480. The van der Waals surface area contributed by atoms with Crippen molar-refractivity contribution in [2.45, 2.75) is 38.5 Å². The second-order valence-electron chi connectivity index (χ2n) is 3.92. The molecule has 0 aromatic carbocycles. The lowest BCUT2D eigenvalue weighted by Gasteiger charge is -2.04. The maximum Gasteiger partial charge on any atom is 0.0624 e. The molecule has 86 valence electrons. The molecule has 0 aliphatic carbocycles. The second kappa shape index (κ2) is 6.18. The van der Waals surface area contributed by atoms with Crippen molar-refractivity contribution in [3.05, 3.63) is 17.5 Å². The van der Waals surface area contributed by atoms with Crippen molar-refractivity contribution in [3.63, 3.8) is 0 Å². The molecule has 0 saturated heterocycles. The van der Waals surface area contributed by atoms with Gasteiger partial charge in [-0.1, -0.05) is 6.92 Å². The fraction of sp³-hybridized carbons (Fsp3) is 0.727. The van der Waals surface area contributed by atoms with Gasteiger partial charge in [0.25, 0.3) is 0 Å². The number of rotatable bonds is 6. The predicted octanol–water partition coefficient (Wildman–Crippen LogP) is 1.95. The van der Waals surface area contributed by atoms with Gasteiger partial charge in [0, 0.05) is 24.5 Å². The van der Waals surface area contributed by atoms with E-state index in [0.717, 1.165) is 24.3 Å². The summed E-state index contributed by atoms with van der Waals surface area (Å²) in [4.78, 5) is 0. The second-order valence-corrected chi connectivity index (χ2v) is 5.03. The Labute approximate surface area is 96.4 Å². The summed E-state index contributed by atoms with van der Waals surface area (Å²) in [5, 5.41) is 4.42. The number of hydrogen-bond donors (Lipinski definition) is 1. The van der Waals surface area contributed by atoms with Crippen LogP contribution < -0.4 is 5.73 Å². The molecule has 0 amide bonds. The molecule has 1 heterocycles. The highest BCUT2D eigenvalue weighted by Crippen LogP contribution is 2.14. The first-order chi connectivity index (χ1) is 7.13. The van der Waals surface area contributed by atoms with Crippen molar-refractivity contribution in [2.24, 2.45) is 12.8 Å². The van der Waals surface area contributed by atoms with Crippen molar-refractivity contribution in [2.75, 3.05) is 5.75 Å². The van der Waals surface area contributed by atoms with Gasteiger partial charge in [-0.3, -0.25) is 4.68 Å². The molecular formula is C11H21N3S. The lowest BCUT2D eigenvalue weighted by atomic mass is 10.3. The molecule has 1 rings (SSSR count). The SMILES string of the molecule is CCc1cc(CSCCC(C)N)n(C)n1. The Bertz CT molecular complexity index is 294. The van der Waals surface area contributed by atoms with Gasteiger partial charge in [-0.05, 0) is 31.6 Å². The fourth-order valence-electron chi connectivity index (χ4n) is 1.33. The Morgan fingerprint density at radius 3 is 2.87 bits per heavy atom. The predicted molar refractivity (Wildman–Crippen MR) is 67.0 cm³/mol. The molecule has 0 spiro atoms. The van der Waals surface area contributed by atoms with Gasteiger partial charge in [0.2, 0.25) is 0 Å². The summed E-state index contributed by atoms with van der Waals surface area (Å²) in [5.41, 5.74) is 8.18. The number of nitrogens with zero attached hydrogens (tertiary/aromatic N) is 2. The smallest absolute Gasteiger partial charge is 0.0624 e. The van der Waals surface area contributed by atoms with E-state index in [4.69, 9.17) is 5.73 Å². The fourth-order valence-corrected chi connectivity index (χ4v) is 2.49. The highest BCUT2D eigenvalue weighted by Gasteiger charge is 2.03. The third-order valence-electron chi connectivity index (χ3n) is 2.36. The van der Waals surface area contributed by atoms with Gasteiger partial charge in [-0.15, -0.1) is 0 Å². The Balaban J connectivity index is 2.33. The van der Waals surface area contributed by atoms with Crippen LogP contribution in [0.3, 0.4) is 0 Å². The number of thioether (sulfide) groups is 1. The average molecular weight is 227 g/mol. The Morgan fingerprint density at radius 1 is 1.60 bits per heavy atom. The van der Waals surface area contributed by atoms with Crippen molar-refractivity contribution in [1.82, 2.24) is 9.78 Å². The lowest BCUT2D eigenvalue weighted by molar-refractivity contribution is 0.714. The van der Waals surface area contributed by atoms with Crippen LogP contribution in [0.5, 0.6) is 0 Å². The van der Waals surface area contributed by atoms with Crippen LogP contribution in [0.2, 0.25) is 0 Å². The summed E-state index contributed by atoms with van der Waals surface area (Å²) in [7, 11) is 2.01. The molecule has 0 fully saturated rings. The molecule has 4 heteroatoms. The summed E-state index contributed by atoms with van der Waals surface area (Å²) in [6.07, 6.45) is 2.10. The van der Waals surface area contributed by atoms with E-state index in [-0.39, 0.29) is 0 Å². The van der Waals surface area contributed by atoms with E-state index < -0.39 is 0 Å². The number of nitrogens with two attached hydrogens (primary N) is 1. The van der Waals surface area contributed by atoms with E-state index in [0.29, 0.717) is 6.04 Å². The molecule has 0 aliphatic rings. The van der Waals surface area contributed by atoms with E-state index in [1.807, 2.05) is 23.5 Å². The molecule has 1 aromatic rings. The van der Waals surface area contributed by atoms with Crippen molar-refractivity contribution in [1.29, 1.82) is 0 Å². The molecule has 1 aromatic heterocycles. The maximum atomic E-state index is 5.70. The van der Waals surface area contributed by atoms with Crippen LogP contribution >= 0.6 is 11.8 Å². The van der Waals surface area contributed by atoms with E-state index in [1.54, 1.807) is 0 Å². The summed E-state index contributed by atoms with van der Waals surface area (Å²) in [5.74, 6) is 2.17. The van der Waals surface area contributed by atoms with Gasteiger partial charge >= 0.3 is 0 Å². The largest absolute Gasteiger partial charge is 0.328 e. The van der Waals surface area contributed by atoms with Crippen LogP contribution in [0.25, 0.3) is 0 Å². The summed E-state index contributed by atoms with van der Waals surface area (Å²) in [6.45, 7) is 4.19. The Morgan fingerprint density at radius 2 is 2.33 bits per heavy atom. The van der Waals surface area contributed by atoms with Crippen LogP contribution in [0.4, 0.5) is 0 Å². The Kier molecular flexibility index (Phi) is 5.19. The first kappa shape index (κ1) is 12.6. The third kappa shape index (κ3) is 4.26. The molecule has 1 unspecified atom stereocenters. The highest BCUT2D eigenvalue weighted by molar-refractivity contribution is 7.98. The highest BCUT2D eigenvalue weighted by atomic mass is 32.2. The molecule has 2 N–H and O–H groups in total. The maximum absolute atomic E-state index is 5.70. The molecule has 3 nitrogen and oxygen atoms in total. The van der Waals surface area contributed by atoms with E-state index in [9.17, 15) is 0 Å². The first-order valence-corrected chi connectivity index (χ1v) is 6.64. The molecular weight excluding hydrogens is 206 g/mol. The minimum Gasteiger partial charge on any atom is -0.328 e. The molecule has 0 bridgehead atoms. The molecule has 15 heavy (non-hydrogen) atoms. The van der Waals surface area contributed by atoms with Crippen LogP contribution in [-0.4, -0.2) is 21.6 Å². The quantitative estimate of drug-likeness (QED) is 0.755. The standard InChI is InChI=1S/C11H21N3S/c1-4-10-7-11(14(3)13-10)8-15-6-5-9(2)12/h7,9H,4-6,8,12H2,1-3H3. The van der Waals surface area contributed by atoms with Crippen molar-refractivity contribution < 1.29 is 0 Å². The van der Waals surface area contributed by atoms with Crippen molar-refractivity contribution in [3.8, 4) is 0 Å². The summed E-state index contributed by atoms with van der Waals surface area (Å²) < 4.78 is 1.98. The zero-order valence-electron chi connectivity index (χ0n) is 9.86. The number of aromatic nitrogens is 2.